The van der Waals surface area contributed by atoms with Crippen molar-refractivity contribution in [3.05, 3.63) is 177 Å². The molecule has 3 heterocycles. The molecule has 0 aliphatic rings. The van der Waals surface area contributed by atoms with Crippen molar-refractivity contribution in [2.75, 3.05) is 7.11 Å². The van der Waals surface area contributed by atoms with Gasteiger partial charge in [0.05, 0.1) is 16.8 Å². The van der Waals surface area contributed by atoms with Gasteiger partial charge in [-0.2, -0.15) is 18.3 Å². The van der Waals surface area contributed by atoms with Gasteiger partial charge in [0.2, 0.25) is 5.82 Å². The molecule has 8 nitrogen and oxygen atoms in total. The number of furan rings is 1. The van der Waals surface area contributed by atoms with E-state index in [1.54, 1.807) is 4.80 Å². The van der Waals surface area contributed by atoms with E-state index in [1.165, 1.54) is 7.11 Å². The van der Waals surface area contributed by atoms with Gasteiger partial charge in [-0.3, -0.25) is 4.68 Å². The Bertz CT molecular complexity index is 2540. The average molecular weight is 846 g/mol. The molecular formula is C46H40BrF3N6O2. The number of nitrogens with zero attached hydrogens (tertiary/aromatic N) is 6. The van der Waals surface area contributed by atoms with E-state index in [2.05, 4.69) is 57.4 Å². The van der Waals surface area contributed by atoms with Crippen LogP contribution in [0, 0.1) is 0 Å². The third-order valence-electron chi connectivity index (χ3n) is 10.4. The van der Waals surface area contributed by atoms with Crippen LogP contribution in [-0.2, 0) is 36.3 Å². The summed E-state index contributed by atoms with van der Waals surface area (Å²) >= 11 is 3.85. The van der Waals surface area contributed by atoms with Crippen molar-refractivity contribution in [3.63, 3.8) is 0 Å². The third kappa shape index (κ3) is 7.49. The van der Waals surface area contributed by atoms with Gasteiger partial charge >= 0.3 is 6.18 Å². The van der Waals surface area contributed by atoms with Gasteiger partial charge in [0.1, 0.15) is 17.9 Å². The number of benzene rings is 5. The highest BCUT2D eigenvalue weighted by atomic mass is 79.9. The molecule has 58 heavy (non-hydrogen) atoms. The van der Waals surface area contributed by atoms with Gasteiger partial charge in [-0.1, -0.05) is 135 Å². The van der Waals surface area contributed by atoms with Gasteiger partial charge in [0, 0.05) is 41.3 Å². The fourth-order valence-electron chi connectivity index (χ4n) is 7.80. The third-order valence-corrected chi connectivity index (χ3v) is 11.2. The van der Waals surface area contributed by atoms with Gasteiger partial charge in [-0.25, -0.2) is 0 Å². The molecule has 5 aromatic carbocycles. The zero-order valence-corrected chi connectivity index (χ0v) is 33.5. The number of fused-ring (bicyclic) bond motifs is 1. The SMILES string of the molecule is CCCCc1c(Cc2ccc3oc(-c4ccccc4-c4nnn(C(c5ccccc5)(c5ccccc5)c5ccccc5)n4)c(Br)c3c2)c(COC)nn1CC(F)(F)F. The molecule has 0 aliphatic carbocycles. The quantitative estimate of drug-likeness (QED) is 0.101. The van der Waals surface area contributed by atoms with E-state index >= 15 is 0 Å². The average Bonchev–Trinajstić information content (AvgIpc) is 3.94. The lowest BCUT2D eigenvalue weighted by atomic mass is 9.77. The molecule has 0 aliphatic heterocycles. The van der Waals surface area contributed by atoms with E-state index in [-0.39, 0.29) is 6.61 Å². The number of aromatic nitrogens is 6. The first-order chi connectivity index (χ1) is 28.2. The normalized spacial score (nSPS) is 12.1. The molecule has 0 spiro atoms. The zero-order chi connectivity index (χ0) is 40.3. The predicted molar refractivity (Wildman–Crippen MR) is 221 cm³/mol. The standard InChI is InChI=1S/C46H40BrF3N6O2/c1-3-4-24-40-37(39(29-57-2)52-55(40)30-45(48,49)50)27-31-25-26-41-38(28-31)42(47)43(58-41)35-22-14-15-23-36(35)44-51-54-56(53-44)46(32-16-8-5-9-17-32,33-18-10-6-11-19-33)34-20-12-7-13-21-34/h5-23,25-26,28H,3-4,24,27,29-30H2,1-2H3. The Kier molecular flexibility index (Phi) is 11.1. The van der Waals surface area contributed by atoms with E-state index in [1.807, 2.05) is 104 Å². The predicted octanol–water partition coefficient (Wildman–Crippen LogP) is 11.2. The van der Waals surface area contributed by atoms with E-state index in [0.717, 1.165) is 66.3 Å². The lowest BCUT2D eigenvalue weighted by molar-refractivity contribution is -0.143. The second kappa shape index (κ2) is 16.6. The molecule has 0 unspecified atom stereocenters. The van der Waals surface area contributed by atoms with Crippen molar-refractivity contribution in [2.45, 2.75) is 57.5 Å². The highest BCUT2D eigenvalue weighted by Crippen LogP contribution is 2.43. The highest BCUT2D eigenvalue weighted by Gasteiger charge is 2.41. The van der Waals surface area contributed by atoms with Crippen molar-refractivity contribution in [3.8, 4) is 22.7 Å². The number of alkyl halides is 3. The minimum Gasteiger partial charge on any atom is -0.455 e. The molecule has 0 saturated carbocycles. The molecule has 8 aromatic rings. The van der Waals surface area contributed by atoms with Gasteiger partial charge in [-0.05, 0) is 68.4 Å². The highest BCUT2D eigenvalue weighted by molar-refractivity contribution is 9.10. The summed E-state index contributed by atoms with van der Waals surface area (Å²) in [5.74, 6) is 0.998. The van der Waals surface area contributed by atoms with Crippen molar-refractivity contribution in [2.24, 2.45) is 0 Å². The monoisotopic (exact) mass is 844 g/mol. The Morgan fingerprint density at radius 2 is 1.36 bits per heavy atom. The van der Waals surface area contributed by atoms with Crippen LogP contribution in [-0.4, -0.2) is 43.3 Å². The van der Waals surface area contributed by atoms with Crippen molar-refractivity contribution < 1.29 is 22.3 Å². The summed E-state index contributed by atoms with van der Waals surface area (Å²) in [6.07, 6.45) is -1.95. The van der Waals surface area contributed by atoms with E-state index in [0.29, 0.717) is 41.4 Å². The Morgan fingerprint density at radius 3 is 1.95 bits per heavy atom. The Hall–Kier alpha value is -5.85. The topological polar surface area (TPSA) is 83.8 Å². The number of methoxy groups -OCH3 is 1. The molecule has 0 bridgehead atoms. The number of ether oxygens (including phenoxy) is 1. The lowest BCUT2D eigenvalue weighted by Crippen LogP contribution is -2.39. The lowest BCUT2D eigenvalue weighted by Gasteiger charge is -2.34. The Morgan fingerprint density at radius 1 is 0.759 bits per heavy atom. The van der Waals surface area contributed by atoms with Crippen LogP contribution in [0.3, 0.4) is 0 Å². The number of tetrazole rings is 1. The molecule has 0 saturated heterocycles. The summed E-state index contributed by atoms with van der Waals surface area (Å²) in [5, 5.41) is 19.8. The molecule has 0 radical (unpaired) electrons. The van der Waals surface area contributed by atoms with Gasteiger partial charge in [-0.15, -0.1) is 15.0 Å². The molecule has 0 N–H and O–H groups in total. The number of halogens is 4. The van der Waals surface area contributed by atoms with E-state index < -0.39 is 18.3 Å². The minimum absolute atomic E-state index is 0.111. The largest absolute Gasteiger partial charge is 0.455 e. The zero-order valence-electron chi connectivity index (χ0n) is 32.0. The maximum Gasteiger partial charge on any atom is 0.408 e. The van der Waals surface area contributed by atoms with Crippen LogP contribution in [0.5, 0.6) is 0 Å². The molecule has 294 valence electrons. The van der Waals surface area contributed by atoms with Crippen LogP contribution >= 0.6 is 15.9 Å². The second-order valence-corrected chi connectivity index (χ2v) is 15.0. The maximum absolute atomic E-state index is 13.6. The van der Waals surface area contributed by atoms with Gasteiger partial charge < -0.3 is 9.15 Å². The fourth-order valence-corrected chi connectivity index (χ4v) is 8.40. The van der Waals surface area contributed by atoms with Crippen LogP contribution in [0.15, 0.2) is 142 Å². The van der Waals surface area contributed by atoms with Crippen LogP contribution in [0.1, 0.15) is 59.0 Å². The molecule has 0 amide bonds. The van der Waals surface area contributed by atoms with Crippen LogP contribution in [0.25, 0.3) is 33.7 Å². The summed E-state index contributed by atoms with van der Waals surface area (Å²) in [5.41, 5.74) is 6.86. The molecule has 0 atom stereocenters. The molecule has 0 fully saturated rings. The van der Waals surface area contributed by atoms with Crippen molar-refractivity contribution in [1.82, 2.24) is 30.0 Å². The first kappa shape index (κ1) is 39.0. The molecule has 8 rings (SSSR count). The van der Waals surface area contributed by atoms with Crippen LogP contribution in [0.4, 0.5) is 13.2 Å². The van der Waals surface area contributed by atoms with E-state index in [4.69, 9.17) is 24.6 Å². The number of hydrogen-bond donors (Lipinski definition) is 0. The summed E-state index contributed by atoms with van der Waals surface area (Å²) in [6, 6.07) is 44.1. The number of unbranched alkanes of at least 4 members (excludes halogenated alkanes) is 1. The van der Waals surface area contributed by atoms with Crippen molar-refractivity contribution >= 4 is 26.9 Å². The van der Waals surface area contributed by atoms with Gasteiger partial charge in [0.25, 0.3) is 0 Å². The maximum atomic E-state index is 13.6. The number of hydrogen-bond acceptors (Lipinski definition) is 6. The Labute approximate surface area is 342 Å². The number of rotatable bonds is 14. The summed E-state index contributed by atoms with van der Waals surface area (Å²) in [4.78, 5) is 1.70. The summed E-state index contributed by atoms with van der Waals surface area (Å²) < 4.78 is 54.7. The van der Waals surface area contributed by atoms with Crippen molar-refractivity contribution in [1.29, 1.82) is 0 Å². The first-order valence-corrected chi connectivity index (χ1v) is 19.9. The second-order valence-electron chi connectivity index (χ2n) is 14.2. The molecule has 3 aromatic heterocycles. The fraction of sp³-hybridized carbons (Fsp3) is 0.217. The summed E-state index contributed by atoms with van der Waals surface area (Å²) in [6.45, 7) is 0.984. The Balaban J connectivity index is 1.20. The van der Waals surface area contributed by atoms with Crippen LogP contribution < -0.4 is 0 Å². The molecular weight excluding hydrogens is 805 g/mol. The smallest absolute Gasteiger partial charge is 0.408 e. The van der Waals surface area contributed by atoms with Gasteiger partial charge in [0.15, 0.2) is 5.54 Å². The van der Waals surface area contributed by atoms with Crippen LogP contribution in [0.2, 0.25) is 0 Å². The molecule has 12 heteroatoms. The minimum atomic E-state index is -4.40. The van der Waals surface area contributed by atoms with E-state index in [9.17, 15) is 13.2 Å². The summed E-state index contributed by atoms with van der Waals surface area (Å²) in [7, 11) is 1.52. The first-order valence-electron chi connectivity index (χ1n) is 19.1.